The van der Waals surface area contributed by atoms with E-state index in [-0.39, 0.29) is 22.6 Å². The lowest BCUT2D eigenvalue weighted by Crippen LogP contribution is -2.27. The highest BCUT2D eigenvalue weighted by Crippen LogP contribution is 2.42. The average molecular weight is 548 g/mol. The van der Waals surface area contributed by atoms with Crippen LogP contribution in [0.3, 0.4) is 0 Å². The first-order chi connectivity index (χ1) is 18.1. The molecule has 0 saturated carbocycles. The van der Waals surface area contributed by atoms with Crippen LogP contribution in [-0.2, 0) is 17.6 Å². The summed E-state index contributed by atoms with van der Waals surface area (Å²) in [6.07, 6.45) is 2.94. The van der Waals surface area contributed by atoms with E-state index in [4.69, 9.17) is 9.72 Å². The predicted octanol–water partition coefficient (Wildman–Crippen LogP) is 6.65. The van der Waals surface area contributed by atoms with E-state index in [1.54, 1.807) is 23.0 Å². The summed E-state index contributed by atoms with van der Waals surface area (Å²) in [6.45, 7) is 8.89. The Hall–Kier alpha value is -3.10. The fourth-order valence-corrected chi connectivity index (χ4v) is 7.12. The van der Waals surface area contributed by atoms with Gasteiger partial charge in [-0.25, -0.2) is 4.98 Å². The van der Waals surface area contributed by atoms with Crippen LogP contribution in [0.4, 0.5) is 5.69 Å². The van der Waals surface area contributed by atoms with Crippen LogP contribution in [0, 0.1) is 18.3 Å². The van der Waals surface area contributed by atoms with Gasteiger partial charge in [0.2, 0.25) is 5.91 Å². The van der Waals surface area contributed by atoms with Gasteiger partial charge in [0, 0.05) is 10.6 Å². The Morgan fingerprint density at radius 2 is 1.87 bits per heavy atom. The number of rotatable bonds is 6. The number of anilines is 1. The third-order valence-electron chi connectivity index (χ3n) is 7.28. The Kier molecular flexibility index (Phi) is 7.38. The number of hydrogen-bond acceptors (Lipinski definition) is 6. The van der Waals surface area contributed by atoms with Gasteiger partial charge < -0.3 is 10.1 Å². The molecule has 2 aromatic heterocycles. The van der Waals surface area contributed by atoms with Gasteiger partial charge in [0.05, 0.1) is 23.9 Å². The Morgan fingerprint density at radius 3 is 2.53 bits per heavy atom. The molecular weight excluding hydrogens is 514 g/mol. The average Bonchev–Trinajstić information content (AvgIpc) is 3.26. The maximum absolute atomic E-state index is 14.1. The zero-order valence-electron chi connectivity index (χ0n) is 22.5. The Labute approximate surface area is 231 Å². The maximum atomic E-state index is 14.1. The largest absolute Gasteiger partial charge is 0.497 e. The maximum Gasteiger partial charge on any atom is 0.267 e. The van der Waals surface area contributed by atoms with Gasteiger partial charge in [-0.2, -0.15) is 0 Å². The Bertz CT molecular complexity index is 1530. The molecule has 1 unspecified atom stereocenters. The number of benzene rings is 2. The Balaban J connectivity index is 1.52. The summed E-state index contributed by atoms with van der Waals surface area (Å²) in [5, 5.41) is 4.17. The molecule has 0 radical (unpaired) electrons. The van der Waals surface area contributed by atoms with Crippen molar-refractivity contribution in [3.63, 3.8) is 0 Å². The summed E-state index contributed by atoms with van der Waals surface area (Å²) in [4.78, 5) is 33.9. The molecule has 0 aliphatic heterocycles. The lowest BCUT2D eigenvalue weighted by molar-refractivity contribution is -0.113. The molecule has 1 aliphatic rings. The van der Waals surface area contributed by atoms with Gasteiger partial charge in [-0.1, -0.05) is 50.2 Å². The van der Waals surface area contributed by atoms with Gasteiger partial charge in [-0.3, -0.25) is 14.2 Å². The first-order valence-electron chi connectivity index (χ1n) is 12.8. The van der Waals surface area contributed by atoms with E-state index < -0.39 is 0 Å². The summed E-state index contributed by atoms with van der Waals surface area (Å²) < 4.78 is 6.97. The standard InChI is InChI=1S/C30H33N3O3S2/c1-18-6-9-20(10-7-18)31-25(34)17-37-29-32-27-26(23-15-8-19(30(2,3)4)16-24(23)38-27)28(35)33(29)21-11-13-22(36-5)14-12-21/h6-7,9-14,19H,8,15-17H2,1-5H3,(H,31,34). The minimum atomic E-state index is -0.145. The lowest BCUT2D eigenvalue weighted by atomic mass is 9.72. The van der Waals surface area contributed by atoms with Crippen LogP contribution in [0.2, 0.25) is 0 Å². The van der Waals surface area contributed by atoms with Crippen molar-refractivity contribution in [1.82, 2.24) is 9.55 Å². The number of nitrogens with one attached hydrogen (secondary N) is 1. The van der Waals surface area contributed by atoms with Gasteiger partial charge in [-0.05, 0) is 79.5 Å². The van der Waals surface area contributed by atoms with Crippen LogP contribution in [0.5, 0.6) is 5.75 Å². The van der Waals surface area contributed by atoms with E-state index in [1.165, 1.54) is 16.6 Å². The number of thioether (sulfide) groups is 1. The molecule has 2 aromatic carbocycles. The normalized spacial score (nSPS) is 15.3. The van der Waals surface area contributed by atoms with Gasteiger partial charge in [0.1, 0.15) is 10.6 Å². The van der Waals surface area contributed by atoms with E-state index in [2.05, 4.69) is 26.1 Å². The number of ether oxygens (including phenoxy) is 1. The fraction of sp³-hybridized carbons (Fsp3) is 0.367. The van der Waals surface area contributed by atoms with E-state index in [1.807, 2.05) is 55.5 Å². The number of thiophene rings is 1. The number of hydrogen-bond donors (Lipinski definition) is 1. The fourth-order valence-electron chi connectivity index (χ4n) is 4.97. The third kappa shape index (κ3) is 5.38. The second-order valence-corrected chi connectivity index (χ2v) is 13.0. The molecule has 1 atom stereocenters. The highest BCUT2D eigenvalue weighted by Gasteiger charge is 2.32. The number of methoxy groups -OCH3 is 1. The molecule has 1 amide bonds. The molecule has 198 valence electrons. The number of fused-ring (bicyclic) bond motifs is 3. The highest BCUT2D eigenvalue weighted by molar-refractivity contribution is 7.99. The van der Waals surface area contributed by atoms with Crippen molar-refractivity contribution in [3.8, 4) is 11.4 Å². The number of amides is 1. The molecule has 0 saturated heterocycles. The zero-order valence-corrected chi connectivity index (χ0v) is 24.1. The molecule has 6 nitrogen and oxygen atoms in total. The van der Waals surface area contributed by atoms with Crippen LogP contribution in [0.25, 0.3) is 15.9 Å². The third-order valence-corrected chi connectivity index (χ3v) is 9.36. The van der Waals surface area contributed by atoms with E-state index >= 15 is 0 Å². The summed E-state index contributed by atoms with van der Waals surface area (Å²) in [5.41, 5.74) is 3.88. The number of carbonyl (C=O) groups is 1. The highest BCUT2D eigenvalue weighted by atomic mass is 32.2. The van der Waals surface area contributed by atoms with Crippen LogP contribution in [0.15, 0.2) is 58.5 Å². The molecule has 1 N–H and O–H groups in total. The van der Waals surface area contributed by atoms with Crippen LogP contribution >= 0.6 is 23.1 Å². The minimum Gasteiger partial charge on any atom is -0.497 e. The molecule has 8 heteroatoms. The molecule has 2 heterocycles. The molecule has 38 heavy (non-hydrogen) atoms. The van der Waals surface area contributed by atoms with Crippen LogP contribution < -0.4 is 15.6 Å². The van der Waals surface area contributed by atoms with E-state index in [0.717, 1.165) is 46.3 Å². The van der Waals surface area contributed by atoms with Crippen molar-refractivity contribution >= 4 is 44.9 Å². The van der Waals surface area contributed by atoms with Gasteiger partial charge in [0.15, 0.2) is 5.16 Å². The quantitative estimate of drug-likeness (QED) is 0.216. The van der Waals surface area contributed by atoms with Gasteiger partial charge in [0.25, 0.3) is 5.56 Å². The molecule has 5 rings (SSSR count). The summed E-state index contributed by atoms with van der Waals surface area (Å²) in [5.74, 6) is 1.28. The molecule has 0 fully saturated rings. The second-order valence-electron chi connectivity index (χ2n) is 10.9. The topological polar surface area (TPSA) is 73.2 Å². The smallest absolute Gasteiger partial charge is 0.267 e. The van der Waals surface area contributed by atoms with Crippen molar-refractivity contribution < 1.29 is 9.53 Å². The number of aryl methyl sites for hydroxylation is 2. The molecule has 4 aromatic rings. The van der Waals surface area contributed by atoms with E-state index in [9.17, 15) is 9.59 Å². The Morgan fingerprint density at radius 1 is 1.16 bits per heavy atom. The number of carbonyl (C=O) groups excluding carboxylic acids is 1. The minimum absolute atomic E-state index is 0.0756. The molecule has 1 aliphatic carbocycles. The zero-order chi connectivity index (χ0) is 27.0. The first kappa shape index (κ1) is 26.5. The van der Waals surface area contributed by atoms with Crippen LogP contribution in [0.1, 0.15) is 43.2 Å². The molecule has 0 bridgehead atoms. The summed E-state index contributed by atoms with van der Waals surface area (Å²) in [7, 11) is 1.62. The van der Waals surface area contributed by atoms with Crippen molar-refractivity contribution in [1.29, 1.82) is 0 Å². The summed E-state index contributed by atoms with van der Waals surface area (Å²) in [6, 6.07) is 15.1. The molecular formula is C30H33N3O3S2. The van der Waals surface area contributed by atoms with Crippen molar-refractivity contribution in [2.24, 2.45) is 11.3 Å². The number of nitrogens with zero attached hydrogens (tertiary/aromatic N) is 2. The summed E-state index contributed by atoms with van der Waals surface area (Å²) >= 11 is 2.92. The lowest BCUT2D eigenvalue weighted by Gasteiger charge is -2.33. The first-order valence-corrected chi connectivity index (χ1v) is 14.7. The molecule has 0 spiro atoms. The monoisotopic (exact) mass is 547 g/mol. The SMILES string of the molecule is COc1ccc(-n2c(SCC(=O)Nc3ccc(C)cc3)nc3sc4c(c3c2=O)CCC(C(C)(C)C)C4)cc1. The van der Waals surface area contributed by atoms with Crippen molar-refractivity contribution in [2.45, 2.75) is 52.1 Å². The van der Waals surface area contributed by atoms with Crippen molar-refractivity contribution in [3.05, 3.63) is 74.9 Å². The predicted molar refractivity (Wildman–Crippen MR) is 157 cm³/mol. The number of aromatic nitrogens is 2. The van der Waals surface area contributed by atoms with Gasteiger partial charge >= 0.3 is 0 Å². The van der Waals surface area contributed by atoms with Gasteiger partial charge in [-0.15, -0.1) is 11.3 Å². The second kappa shape index (κ2) is 10.6. The van der Waals surface area contributed by atoms with Crippen LogP contribution in [-0.4, -0.2) is 28.3 Å². The van der Waals surface area contributed by atoms with Crippen molar-refractivity contribution in [2.75, 3.05) is 18.2 Å². The van der Waals surface area contributed by atoms with E-state index in [0.29, 0.717) is 22.5 Å².